The van der Waals surface area contributed by atoms with Crippen LogP contribution in [-0.2, 0) is 24.3 Å². The summed E-state index contributed by atoms with van der Waals surface area (Å²) in [6.45, 7) is 8.08. The Labute approximate surface area is 145 Å². The van der Waals surface area contributed by atoms with Crippen LogP contribution in [0.5, 0.6) is 0 Å². The van der Waals surface area contributed by atoms with Crippen molar-refractivity contribution in [1.29, 1.82) is 0 Å². The maximum atomic E-state index is 12.8. The molecule has 132 valence electrons. The normalized spacial score (nSPS) is 11.4. The molecule has 0 fully saturated rings. The summed E-state index contributed by atoms with van der Waals surface area (Å²) in [5, 5.41) is 3.26. The number of carbonyl (C=O) groups is 1. The molecule has 0 aromatic carbocycles. The third-order valence-electron chi connectivity index (χ3n) is 3.78. The van der Waals surface area contributed by atoms with E-state index in [0.29, 0.717) is 11.9 Å². The predicted octanol–water partition coefficient (Wildman–Crippen LogP) is 2.11. The van der Waals surface area contributed by atoms with Crippen molar-refractivity contribution in [2.24, 2.45) is 0 Å². The molecule has 0 spiro atoms. The van der Waals surface area contributed by atoms with Gasteiger partial charge in [0.05, 0.1) is 5.39 Å². The molecule has 1 amide bonds. The van der Waals surface area contributed by atoms with E-state index in [1.54, 1.807) is 4.57 Å². The third kappa shape index (κ3) is 3.77. The minimum absolute atomic E-state index is 0.0351. The molecule has 2 aromatic rings. The molecule has 0 atom stereocenters. The summed E-state index contributed by atoms with van der Waals surface area (Å²) in [5.74, 6) is -0.323. The second kappa shape index (κ2) is 7.79. The lowest BCUT2D eigenvalue weighted by molar-refractivity contribution is -0.122. The zero-order valence-electron chi connectivity index (χ0n) is 14.7. The van der Waals surface area contributed by atoms with Crippen LogP contribution in [0.3, 0.4) is 0 Å². The largest absolute Gasteiger partial charge is 0.352 e. The number of hydrogen-bond donors (Lipinski definition) is 1. The van der Waals surface area contributed by atoms with Gasteiger partial charge in [0.15, 0.2) is 0 Å². The quantitative estimate of drug-likeness (QED) is 0.830. The average Bonchev–Trinajstić information content (AvgIpc) is 2.95. The minimum atomic E-state index is -0.399. The molecule has 0 unspecified atom stereocenters. The third-order valence-corrected chi connectivity index (χ3v) is 5.08. The number of aryl methyl sites for hydroxylation is 2. The van der Waals surface area contributed by atoms with Gasteiger partial charge < -0.3 is 5.32 Å². The van der Waals surface area contributed by atoms with E-state index < -0.39 is 5.69 Å². The van der Waals surface area contributed by atoms with Crippen molar-refractivity contribution in [1.82, 2.24) is 14.5 Å². The highest BCUT2D eigenvalue weighted by Gasteiger charge is 2.17. The maximum Gasteiger partial charge on any atom is 0.332 e. The molecular weight excluding hydrogens is 326 g/mol. The molecule has 2 aromatic heterocycles. The predicted molar refractivity (Wildman–Crippen MR) is 97.9 cm³/mol. The van der Waals surface area contributed by atoms with Crippen molar-refractivity contribution in [2.45, 2.75) is 66.1 Å². The summed E-state index contributed by atoms with van der Waals surface area (Å²) < 4.78 is 2.70. The Morgan fingerprint density at radius 1 is 1.25 bits per heavy atom. The lowest BCUT2D eigenvalue weighted by Crippen LogP contribution is -2.44. The number of thiophene rings is 1. The maximum absolute atomic E-state index is 12.8. The highest BCUT2D eigenvalue weighted by atomic mass is 32.1. The SMILES string of the molecule is CCCCn1c(=O)n(CC(=O)NC(C)C)c(=O)c2cc(CC)sc21. The number of unbranched alkanes of at least 4 members (excludes halogenated alkanes) is 1. The molecule has 7 heteroatoms. The summed E-state index contributed by atoms with van der Waals surface area (Å²) in [5.41, 5.74) is -0.776. The second-order valence-corrected chi connectivity index (χ2v) is 7.30. The van der Waals surface area contributed by atoms with Gasteiger partial charge in [-0.2, -0.15) is 0 Å². The van der Waals surface area contributed by atoms with Crippen molar-refractivity contribution in [2.75, 3.05) is 0 Å². The van der Waals surface area contributed by atoms with Gasteiger partial charge in [-0.15, -0.1) is 11.3 Å². The molecule has 1 N–H and O–H groups in total. The molecule has 0 bridgehead atoms. The van der Waals surface area contributed by atoms with Gasteiger partial charge in [-0.1, -0.05) is 20.3 Å². The Morgan fingerprint density at radius 3 is 2.54 bits per heavy atom. The topological polar surface area (TPSA) is 73.1 Å². The van der Waals surface area contributed by atoms with Gasteiger partial charge in [-0.3, -0.25) is 18.7 Å². The summed E-state index contributed by atoms with van der Waals surface area (Å²) in [6.07, 6.45) is 2.62. The Bertz CT molecular complexity index is 845. The molecular formula is C17H25N3O3S. The average molecular weight is 351 g/mol. The van der Waals surface area contributed by atoms with Gasteiger partial charge in [0.25, 0.3) is 5.56 Å². The Kier molecular flexibility index (Phi) is 5.99. The number of carbonyl (C=O) groups excluding carboxylic acids is 1. The van der Waals surface area contributed by atoms with Crippen LogP contribution in [0.1, 0.15) is 45.4 Å². The molecule has 0 aliphatic rings. The van der Waals surface area contributed by atoms with Crippen molar-refractivity contribution in [3.8, 4) is 0 Å². The fraction of sp³-hybridized carbons (Fsp3) is 0.588. The number of hydrogen-bond acceptors (Lipinski definition) is 4. The molecule has 2 rings (SSSR count). The van der Waals surface area contributed by atoms with Crippen molar-refractivity contribution >= 4 is 27.5 Å². The first kappa shape index (κ1) is 18.4. The second-order valence-electron chi connectivity index (χ2n) is 6.19. The number of aromatic nitrogens is 2. The van der Waals surface area contributed by atoms with Crippen molar-refractivity contribution in [3.05, 3.63) is 31.8 Å². The number of fused-ring (bicyclic) bond motifs is 1. The van der Waals surface area contributed by atoms with E-state index >= 15 is 0 Å². The fourth-order valence-electron chi connectivity index (χ4n) is 2.59. The molecule has 0 saturated heterocycles. The van der Waals surface area contributed by atoms with Crippen LogP contribution in [0.25, 0.3) is 10.2 Å². The van der Waals surface area contributed by atoms with Crippen LogP contribution in [0.4, 0.5) is 0 Å². The number of amides is 1. The molecule has 2 heterocycles. The van der Waals surface area contributed by atoms with Crippen LogP contribution in [-0.4, -0.2) is 21.1 Å². The first-order valence-electron chi connectivity index (χ1n) is 8.44. The number of rotatable bonds is 7. The Hall–Kier alpha value is -1.89. The van der Waals surface area contributed by atoms with E-state index in [1.807, 2.05) is 26.8 Å². The number of nitrogens with one attached hydrogen (secondary N) is 1. The molecule has 0 aliphatic heterocycles. The first-order chi connectivity index (χ1) is 11.4. The van der Waals surface area contributed by atoms with Crippen LogP contribution < -0.4 is 16.6 Å². The summed E-state index contributed by atoms with van der Waals surface area (Å²) in [7, 11) is 0. The van der Waals surface area contributed by atoms with Crippen molar-refractivity contribution in [3.63, 3.8) is 0 Å². The van der Waals surface area contributed by atoms with Gasteiger partial charge in [-0.25, -0.2) is 4.79 Å². The zero-order chi connectivity index (χ0) is 17.9. The summed E-state index contributed by atoms with van der Waals surface area (Å²) in [6, 6.07) is 1.81. The Morgan fingerprint density at radius 2 is 1.96 bits per heavy atom. The highest BCUT2D eigenvalue weighted by molar-refractivity contribution is 7.18. The highest BCUT2D eigenvalue weighted by Crippen LogP contribution is 2.22. The standard InChI is InChI=1S/C17H25N3O3S/c1-5-7-8-19-16-13(9-12(6-2)24-16)15(22)20(17(19)23)10-14(21)18-11(3)4/h9,11H,5-8,10H2,1-4H3,(H,18,21). The van der Waals surface area contributed by atoms with Crippen LogP contribution in [0.15, 0.2) is 15.7 Å². The van der Waals surface area contributed by atoms with E-state index in [4.69, 9.17) is 0 Å². The zero-order valence-corrected chi connectivity index (χ0v) is 15.5. The van der Waals surface area contributed by atoms with E-state index in [0.717, 1.165) is 33.5 Å². The smallest absolute Gasteiger partial charge is 0.332 e. The first-order valence-corrected chi connectivity index (χ1v) is 9.26. The number of nitrogens with zero attached hydrogens (tertiary/aromatic N) is 2. The van der Waals surface area contributed by atoms with E-state index in [-0.39, 0.29) is 24.1 Å². The van der Waals surface area contributed by atoms with Gasteiger partial charge in [-0.05, 0) is 32.8 Å². The van der Waals surface area contributed by atoms with Crippen LogP contribution >= 0.6 is 11.3 Å². The molecule has 0 aliphatic carbocycles. The summed E-state index contributed by atoms with van der Waals surface area (Å²) >= 11 is 1.49. The lowest BCUT2D eigenvalue weighted by atomic mass is 10.3. The van der Waals surface area contributed by atoms with Crippen molar-refractivity contribution < 1.29 is 4.79 Å². The monoisotopic (exact) mass is 351 g/mol. The Balaban J connectivity index is 2.60. The van der Waals surface area contributed by atoms with Crippen LogP contribution in [0.2, 0.25) is 0 Å². The van der Waals surface area contributed by atoms with E-state index in [9.17, 15) is 14.4 Å². The van der Waals surface area contributed by atoms with E-state index in [2.05, 4.69) is 12.2 Å². The molecule has 0 saturated carbocycles. The minimum Gasteiger partial charge on any atom is -0.352 e. The molecule has 24 heavy (non-hydrogen) atoms. The molecule has 6 nitrogen and oxygen atoms in total. The fourth-order valence-corrected chi connectivity index (χ4v) is 3.69. The van der Waals surface area contributed by atoms with E-state index in [1.165, 1.54) is 11.3 Å². The van der Waals surface area contributed by atoms with Gasteiger partial charge in [0.1, 0.15) is 11.4 Å². The summed E-state index contributed by atoms with van der Waals surface area (Å²) in [4.78, 5) is 39.3. The molecule has 0 radical (unpaired) electrons. The lowest BCUT2D eigenvalue weighted by Gasteiger charge is -2.13. The van der Waals surface area contributed by atoms with Gasteiger partial charge in [0.2, 0.25) is 5.91 Å². The van der Waals surface area contributed by atoms with Gasteiger partial charge in [0, 0.05) is 17.5 Å². The van der Waals surface area contributed by atoms with Crippen LogP contribution in [0, 0.1) is 0 Å². The van der Waals surface area contributed by atoms with Gasteiger partial charge >= 0.3 is 5.69 Å².